The van der Waals surface area contributed by atoms with Crippen molar-refractivity contribution < 1.29 is 9.53 Å². The van der Waals surface area contributed by atoms with Crippen LogP contribution in [0.15, 0.2) is 11.6 Å². The van der Waals surface area contributed by atoms with Crippen molar-refractivity contribution in [3.63, 3.8) is 0 Å². The van der Waals surface area contributed by atoms with E-state index in [1.54, 1.807) is 6.08 Å². The molecular weight excluding hydrogens is 178 g/mol. The van der Waals surface area contributed by atoms with Crippen molar-refractivity contribution in [1.29, 1.82) is 0 Å². The molecule has 0 N–H and O–H groups in total. The predicted molar refractivity (Wildman–Crippen MR) is 56.0 cm³/mol. The lowest BCUT2D eigenvalue weighted by Gasteiger charge is -2.34. The number of nitrogens with zero attached hydrogens (tertiary/aromatic N) is 1. The summed E-state index contributed by atoms with van der Waals surface area (Å²) in [6.45, 7) is 9.27. The number of rotatable bonds is 1. The number of hydrogen-bond donors (Lipinski definition) is 0. The molecule has 1 aliphatic heterocycles. The minimum absolute atomic E-state index is 0.104. The van der Waals surface area contributed by atoms with E-state index in [0.29, 0.717) is 13.1 Å². The van der Waals surface area contributed by atoms with Gasteiger partial charge in [-0.05, 0) is 27.7 Å². The van der Waals surface area contributed by atoms with Crippen LogP contribution in [0.5, 0.6) is 0 Å². The van der Waals surface area contributed by atoms with Crippen LogP contribution in [-0.2, 0) is 9.53 Å². The topological polar surface area (TPSA) is 29.5 Å². The molecule has 14 heavy (non-hydrogen) atoms. The van der Waals surface area contributed by atoms with Crippen molar-refractivity contribution in [1.82, 2.24) is 4.90 Å². The largest absolute Gasteiger partial charge is 0.372 e. The zero-order valence-corrected chi connectivity index (χ0v) is 9.41. The molecule has 0 bridgehead atoms. The Balaban J connectivity index is 2.59. The van der Waals surface area contributed by atoms with Gasteiger partial charge in [-0.2, -0.15) is 0 Å². The maximum Gasteiger partial charge on any atom is 0.246 e. The van der Waals surface area contributed by atoms with E-state index in [2.05, 4.69) is 0 Å². The van der Waals surface area contributed by atoms with Gasteiger partial charge in [0.15, 0.2) is 0 Å². The minimum atomic E-state index is 0.104. The highest BCUT2D eigenvalue weighted by Gasteiger charge is 2.24. The Morgan fingerprint density at radius 1 is 1.29 bits per heavy atom. The van der Waals surface area contributed by atoms with Gasteiger partial charge in [0.25, 0.3) is 0 Å². The predicted octanol–water partition coefficient (Wildman–Crippen LogP) is 1.59. The molecule has 3 nitrogen and oxygen atoms in total. The average molecular weight is 197 g/mol. The molecule has 0 saturated carbocycles. The lowest BCUT2D eigenvalue weighted by atomic mass is 10.2. The number of morpholine rings is 1. The summed E-state index contributed by atoms with van der Waals surface area (Å²) < 4.78 is 5.56. The third-order valence-electron chi connectivity index (χ3n) is 2.14. The summed E-state index contributed by atoms with van der Waals surface area (Å²) in [4.78, 5) is 13.5. The van der Waals surface area contributed by atoms with Crippen LogP contribution >= 0.6 is 0 Å². The summed E-state index contributed by atoms with van der Waals surface area (Å²) in [5.41, 5.74) is 1.04. The van der Waals surface area contributed by atoms with Crippen molar-refractivity contribution in [3.05, 3.63) is 11.6 Å². The molecule has 1 fully saturated rings. The number of carbonyl (C=O) groups excluding carboxylic acids is 1. The molecule has 0 aromatic heterocycles. The van der Waals surface area contributed by atoms with Gasteiger partial charge < -0.3 is 9.64 Å². The summed E-state index contributed by atoms with van der Waals surface area (Å²) in [5, 5.41) is 0. The van der Waals surface area contributed by atoms with Crippen molar-refractivity contribution >= 4 is 5.91 Å². The monoisotopic (exact) mass is 197 g/mol. The molecule has 1 saturated heterocycles. The Kier molecular flexibility index (Phi) is 3.69. The second kappa shape index (κ2) is 4.60. The smallest absolute Gasteiger partial charge is 0.246 e. The third-order valence-corrected chi connectivity index (χ3v) is 2.14. The third kappa shape index (κ3) is 3.14. The van der Waals surface area contributed by atoms with Crippen LogP contribution in [0, 0.1) is 0 Å². The Labute approximate surface area is 85.7 Å². The molecule has 0 aromatic carbocycles. The summed E-state index contributed by atoms with van der Waals surface area (Å²) in [6.07, 6.45) is 1.98. The van der Waals surface area contributed by atoms with Gasteiger partial charge >= 0.3 is 0 Å². The van der Waals surface area contributed by atoms with Gasteiger partial charge in [-0.25, -0.2) is 0 Å². The fourth-order valence-corrected chi connectivity index (χ4v) is 1.70. The fourth-order valence-electron chi connectivity index (χ4n) is 1.70. The number of hydrogen-bond acceptors (Lipinski definition) is 2. The lowest BCUT2D eigenvalue weighted by Crippen LogP contribution is -2.47. The molecule has 1 aliphatic rings. The number of carbonyl (C=O) groups is 1. The van der Waals surface area contributed by atoms with Gasteiger partial charge in [-0.1, -0.05) is 5.57 Å². The van der Waals surface area contributed by atoms with Gasteiger partial charge in [-0.3, -0.25) is 4.79 Å². The van der Waals surface area contributed by atoms with Gasteiger partial charge in [0.2, 0.25) is 5.91 Å². The maximum atomic E-state index is 11.7. The van der Waals surface area contributed by atoms with Crippen molar-refractivity contribution in [2.45, 2.75) is 39.9 Å². The van der Waals surface area contributed by atoms with E-state index in [1.165, 1.54) is 0 Å². The molecule has 0 aromatic rings. The van der Waals surface area contributed by atoms with E-state index in [-0.39, 0.29) is 18.1 Å². The van der Waals surface area contributed by atoms with Crippen LogP contribution < -0.4 is 0 Å². The lowest BCUT2D eigenvalue weighted by molar-refractivity contribution is -0.138. The van der Waals surface area contributed by atoms with Crippen LogP contribution in [0.25, 0.3) is 0 Å². The molecule has 80 valence electrons. The second-order valence-electron chi connectivity index (χ2n) is 4.22. The molecule has 1 heterocycles. The van der Waals surface area contributed by atoms with E-state index in [0.717, 1.165) is 5.57 Å². The minimum Gasteiger partial charge on any atom is -0.372 e. The van der Waals surface area contributed by atoms with Crippen molar-refractivity contribution in [2.24, 2.45) is 0 Å². The van der Waals surface area contributed by atoms with Gasteiger partial charge in [0.05, 0.1) is 12.2 Å². The molecule has 0 radical (unpaired) electrons. The quantitative estimate of drug-likeness (QED) is 0.597. The standard InChI is InChI=1S/C11H19NO2/c1-8(2)5-11(13)12-6-9(3)14-10(4)7-12/h5,9-10H,6-7H2,1-4H3/t9-,10-/m0/s1. The molecular formula is C11H19NO2. The zero-order chi connectivity index (χ0) is 10.7. The molecule has 0 spiro atoms. The first kappa shape index (κ1) is 11.2. The molecule has 0 aliphatic carbocycles. The summed E-state index contributed by atoms with van der Waals surface area (Å²) in [5.74, 6) is 0.104. The Bertz CT molecular complexity index is 234. The van der Waals surface area contributed by atoms with E-state index in [4.69, 9.17) is 4.74 Å². The first-order chi connectivity index (χ1) is 6.49. The second-order valence-corrected chi connectivity index (χ2v) is 4.22. The van der Waals surface area contributed by atoms with Gasteiger partial charge in [0.1, 0.15) is 0 Å². The zero-order valence-electron chi connectivity index (χ0n) is 9.41. The van der Waals surface area contributed by atoms with E-state index < -0.39 is 0 Å². The molecule has 1 amide bonds. The van der Waals surface area contributed by atoms with Crippen LogP contribution in [0.1, 0.15) is 27.7 Å². The Morgan fingerprint density at radius 2 is 1.79 bits per heavy atom. The van der Waals surface area contributed by atoms with Crippen LogP contribution in [0.3, 0.4) is 0 Å². The first-order valence-electron chi connectivity index (χ1n) is 5.08. The first-order valence-corrected chi connectivity index (χ1v) is 5.08. The van der Waals surface area contributed by atoms with Crippen LogP contribution in [-0.4, -0.2) is 36.1 Å². The molecule has 1 rings (SSSR count). The maximum absolute atomic E-state index is 11.7. The van der Waals surface area contributed by atoms with Crippen LogP contribution in [0.4, 0.5) is 0 Å². The van der Waals surface area contributed by atoms with E-state index >= 15 is 0 Å². The van der Waals surface area contributed by atoms with E-state index in [9.17, 15) is 4.79 Å². The SMILES string of the molecule is CC(C)=CC(=O)N1C[C@H](C)O[C@@H](C)C1. The fraction of sp³-hybridized carbons (Fsp3) is 0.727. The molecule has 2 atom stereocenters. The normalized spacial score (nSPS) is 27.3. The highest BCUT2D eigenvalue weighted by atomic mass is 16.5. The van der Waals surface area contributed by atoms with Crippen molar-refractivity contribution in [2.75, 3.05) is 13.1 Å². The molecule has 0 unspecified atom stereocenters. The summed E-state index contributed by atoms with van der Waals surface area (Å²) >= 11 is 0. The Hall–Kier alpha value is -0.830. The van der Waals surface area contributed by atoms with Crippen molar-refractivity contribution in [3.8, 4) is 0 Å². The van der Waals surface area contributed by atoms with E-state index in [1.807, 2.05) is 32.6 Å². The Morgan fingerprint density at radius 3 is 2.21 bits per heavy atom. The number of allylic oxidation sites excluding steroid dienone is 1. The summed E-state index contributed by atoms with van der Waals surface area (Å²) in [6, 6.07) is 0. The average Bonchev–Trinajstić information content (AvgIpc) is 2.00. The highest BCUT2D eigenvalue weighted by molar-refractivity contribution is 5.88. The van der Waals surface area contributed by atoms with Crippen LogP contribution in [0.2, 0.25) is 0 Å². The summed E-state index contributed by atoms with van der Waals surface area (Å²) in [7, 11) is 0. The number of ether oxygens (including phenoxy) is 1. The number of amides is 1. The van der Waals surface area contributed by atoms with Gasteiger partial charge in [-0.15, -0.1) is 0 Å². The molecule has 3 heteroatoms. The highest BCUT2D eigenvalue weighted by Crippen LogP contribution is 2.11. The van der Waals surface area contributed by atoms with Gasteiger partial charge in [0, 0.05) is 19.2 Å².